The summed E-state index contributed by atoms with van der Waals surface area (Å²) in [6, 6.07) is 14.6. The van der Waals surface area contributed by atoms with Gasteiger partial charge in [-0.25, -0.2) is 0 Å². The maximum absolute atomic E-state index is 12.0. The van der Waals surface area contributed by atoms with Gasteiger partial charge in [-0.15, -0.1) is 0 Å². The zero-order valence-electron chi connectivity index (χ0n) is 15.2. The fraction of sp³-hybridized carbons (Fsp3) is 0.300. The molecule has 0 radical (unpaired) electrons. The Morgan fingerprint density at radius 3 is 2.27 bits per heavy atom. The van der Waals surface area contributed by atoms with E-state index < -0.39 is 0 Å². The Kier molecular flexibility index (Phi) is 7.64. The normalized spacial score (nSPS) is 10.2. The number of hydrogen-bond donors (Lipinski definition) is 3. The van der Waals surface area contributed by atoms with Gasteiger partial charge in [-0.2, -0.15) is 0 Å². The maximum Gasteiger partial charge on any atom is 0.251 e. The van der Waals surface area contributed by atoms with Gasteiger partial charge in [0.05, 0.1) is 6.54 Å². The van der Waals surface area contributed by atoms with E-state index in [4.69, 9.17) is 4.74 Å². The van der Waals surface area contributed by atoms with Crippen LogP contribution in [-0.2, 0) is 9.53 Å². The third kappa shape index (κ3) is 6.57. The van der Waals surface area contributed by atoms with Crippen molar-refractivity contribution in [3.05, 3.63) is 59.7 Å². The van der Waals surface area contributed by atoms with Crippen LogP contribution in [0.1, 0.15) is 22.3 Å². The molecular formula is C20H25N3O3. The molecule has 138 valence electrons. The van der Waals surface area contributed by atoms with E-state index in [1.165, 1.54) is 5.56 Å². The number of ether oxygens (including phenoxy) is 1. The second kappa shape index (κ2) is 10.2. The minimum absolute atomic E-state index is 0.139. The fourth-order valence-corrected chi connectivity index (χ4v) is 2.28. The van der Waals surface area contributed by atoms with Crippen molar-refractivity contribution < 1.29 is 14.3 Å². The molecule has 0 atom stereocenters. The van der Waals surface area contributed by atoms with Crippen LogP contribution in [0.2, 0.25) is 0 Å². The van der Waals surface area contributed by atoms with E-state index in [1.54, 1.807) is 31.4 Å². The lowest BCUT2D eigenvalue weighted by atomic mass is 10.2. The van der Waals surface area contributed by atoms with E-state index in [0.717, 1.165) is 12.1 Å². The van der Waals surface area contributed by atoms with Gasteiger partial charge in [0.2, 0.25) is 5.91 Å². The van der Waals surface area contributed by atoms with Crippen LogP contribution >= 0.6 is 0 Å². The molecule has 0 spiro atoms. The van der Waals surface area contributed by atoms with Crippen LogP contribution in [0.4, 0.5) is 11.4 Å². The third-order valence-corrected chi connectivity index (χ3v) is 3.75. The number of rotatable bonds is 9. The second-order valence-corrected chi connectivity index (χ2v) is 5.95. The Bertz CT molecular complexity index is 712. The second-order valence-electron chi connectivity index (χ2n) is 5.95. The van der Waals surface area contributed by atoms with E-state index >= 15 is 0 Å². The highest BCUT2D eigenvalue weighted by Gasteiger charge is 2.06. The fourth-order valence-electron chi connectivity index (χ4n) is 2.28. The lowest BCUT2D eigenvalue weighted by Crippen LogP contribution is -2.25. The van der Waals surface area contributed by atoms with Crippen molar-refractivity contribution in [1.29, 1.82) is 0 Å². The summed E-state index contributed by atoms with van der Waals surface area (Å²) in [6.07, 6.45) is 0.768. The number of nitrogens with one attached hydrogen (secondary N) is 3. The summed E-state index contributed by atoms with van der Waals surface area (Å²) in [6.45, 7) is 3.36. The van der Waals surface area contributed by atoms with E-state index in [1.807, 2.05) is 31.2 Å². The molecule has 3 N–H and O–H groups in total. The highest BCUT2D eigenvalue weighted by molar-refractivity contribution is 5.96. The first-order valence-electron chi connectivity index (χ1n) is 8.56. The smallest absolute Gasteiger partial charge is 0.251 e. The van der Waals surface area contributed by atoms with Crippen LogP contribution in [0.5, 0.6) is 0 Å². The topological polar surface area (TPSA) is 79.5 Å². The molecule has 2 aromatic rings. The van der Waals surface area contributed by atoms with Crippen LogP contribution in [-0.4, -0.2) is 38.6 Å². The van der Waals surface area contributed by atoms with Crippen molar-refractivity contribution >= 4 is 23.2 Å². The summed E-state index contributed by atoms with van der Waals surface area (Å²) in [5.74, 6) is -0.289. The van der Waals surface area contributed by atoms with Gasteiger partial charge in [-0.1, -0.05) is 17.7 Å². The third-order valence-electron chi connectivity index (χ3n) is 3.75. The molecule has 0 saturated heterocycles. The Balaban J connectivity index is 1.77. The van der Waals surface area contributed by atoms with Crippen LogP contribution in [0, 0.1) is 6.92 Å². The largest absolute Gasteiger partial charge is 0.385 e. The van der Waals surface area contributed by atoms with Crippen molar-refractivity contribution in [2.75, 3.05) is 37.4 Å². The summed E-state index contributed by atoms with van der Waals surface area (Å²) >= 11 is 0. The van der Waals surface area contributed by atoms with Crippen molar-refractivity contribution in [1.82, 2.24) is 5.32 Å². The maximum atomic E-state index is 12.0. The lowest BCUT2D eigenvalue weighted by Gasteiger charge is -2.09. The zero-order valence-corrected chi connectivity index (χ0v) is 15.2. The molecule has 0 saturated carbocycles. The molecule has 26 heavy (non-hydrogen) atoms. The molecule has 6 heteroatoms. The van der Waals surface area contributed by atoms with Crippen LogP contribution in [0.15, 0.2) is 48.5 Å². The molecular weight excluding hydrogens is 330 g/mol. The van der Waals surface area contributed by atoms with Gasteiger partial charge in [0, 0.05) is 37.2 Å². The molecule has 0 aliphatic heterocycles. The van der Waals surface area contributed by atoms with E-state index in [9.17, 15) is 9.59 Å². The molecule has 0 fully saturated rings. The average molecular weight is 355 g/mol. The van der Waals surface area contributed by atoms with Crippen LogP contribution in [0.3, 0.4) is 0 Å². The Morgan fingerprint density at radius 1 is 0.962 bits per heavy atom. The highest BCUT2D eigenvalue weighted by Crippen LogP contribution is 2.11. The summed E-state index contributed by atoms with van der Waals surface area (Å²) in [4.78, 5) is 24.0. The molecule has 2 aromatic carbocycles. The van der Waals surface area contributed by atoms with Gasteiger partial charge in [-0.05, 0) is 49.7 Å². The molecule has 2 rings (SSSR count). The molecule has 0 bridgehead atoms. The Hall–Kier alpha value is -2.86. The van der Waals surface area contributed by atoms with E-state index in [2.05, 4.69) is 16.0 Å². The molecule has 2 amide bonds. The predicted molar refractivity (Wildman–Crippen MR) is 104 cm³/mol. The summed E-state index contributed by atoms with van der Waals surface area (Å²) < 4.78 is 4.94. The lowest BCUT2D eigenvalue weighted by molar-refractivity contribution is -0.114. The SMILES string of the molecule is COCCCNC(=O)c1ccc(NC(=O)CNc2ccc(C)cc2)cc1. The molecule has 0 aliphatic carbocycles. The van der Waals surface area contributed by atoms with Gasteiger partial charge in [0.25, 0.3) is 5.91 Å². The van der Waals surface area contributed by atoms with Gasteiger partial charge in [0.15, 0.2) is 0 Å². The first-order valence-corrected chi connectivity index (χ1v) is 8.56. The standard InChI is InChI=1S/C20H25N3O3/c1-15-4-8-17(9-5-15)22-14-19(24)23-18-10-6-16(7-11-18)20(25)21-12-3-13-26-2/h4-11,22H,3,12-14H2,1-2H3,(H,21,25)(H,23,24). The Morgan fingerprint density at radius 2 is 1.62 bits per heavy atom. The number of aryl methyl sites for hydroxylation is 1. The van der Waals surface area contributed by atoms with E-state index in [-0.39, 0.29) is 18.4 Å². The molecule has 0 unspecified atom stereocenters. The van der Waals surface area contributed by atoms with E-state index in [0.29, 0.717) is 24.4 Å². The first-order chi connectivity index (χ1) is 12.6. The van der Waals surface area contributed by atoms with Crippen molar-refractivity contribution in [2.24, 2.45) is 0 Å². The minimum Gasteiger partial charge on any atom is -0.385 e. The van der Waals surface area contributed by atoms with Gasteiger partial charge in [0.1, 0.15) is 0 Å². The number of amides is 2. The number of carbonyl (C=O) groups is 2. The van der Waals surface area contributed by atoms with Crippen LogP contribution in [0.25, 0.3) is 0 Å². The summed E-state index contributed by atoms with van der Waals surface area (Å²) in [7, 11) is 1.63. The van der Waals surface area contributed by atoms with Crippen molar-refractivity contribution in [2.45, 2.75) is 13.3 Å². The van der Waals surface area contributed by atoms with Crippen molar-refractivity contribution in [3.63, 3.8) is 0 Å². The average Bonchev–Trinajstić information content (AvgIpc) is 2.65. The van der Waals surface area contributed by atoms with Crippen molar-refractivity contribution in [3.8, 4) is 0 Å². The number of anilines is 2. The first kappa shape index (κ1) is 19.5. The molecule has 0 aliphatic rings. The summed E-state index contributed by atoms with van der Waals surface area (Å²) in [5.41, 5.74) is 3.27. The monoisotopic (exact) mass is 355 g/mol. The molecule has 0 aromatic heterocycles. The minimum atomic E-state index is -0.151. The number of methoxy groups -OCH3 is 1. The predicted octanol–water partition coefficient (Wildman–Crippen LogP) is 2.81. The number of carbonyl (C=O) groups excluding carboxylic acids is 2. The molecule has 0 heterocycles. The number of hydrogen-bond acceptors (Lipinski definition) is 4. The highest BCUT2D eigenvalue weighted by atomic mass is 16.5. The Labute approximate surface area is 153 Å². The quantitative estimate of drug-likeness (QED) is 0.604. The molecule has 6 nitrogen and oxygen atoms in total. The van der Waals surface area contributed by atoms with Gasteiger partial charge >= 0.3 is 0 Å². The van der Waals surface area contributed by atoms with Gasteiger partial charge < -0.3 is 20.7 Å². The number of benzene rings is 2. The summed E-state index contributed by atoms with van der Waals surface area (Å²) in [5, 5.41) is 8.69. The zero-order chi connectivity index (χ0) is 18.8. The van der Waals surface area contributed by atoms with Gasteiger partial charge in [-0.3, -0.25) is 9.59 Å². The van der Waals surface area contributed by atoms with Crippen LogP contribution < -0.4 is 16.0 Å².